The second kappa shape index (κ2) is 29.7. The maximum atomic E-state index is 15.7. The highest BCUT2D eigenvalue weighted by molar-refractivity contribution is 7.81. The molecule has 0 atom stereocenters. The van der Waals surface area contributed by atoms with Gasteiger partial charge < -0.3 is 29.6 Å². The van der Waals surface area contributed by atoms with E-state index in [9.17, 15) is 0 Å². The van der Waals surface area contributed by atoms with Gasteiger partial charge in [0.15, 0.2) is 0 Å². The molecule has 2 amide bonds. The molecule has 0 saturated carbocycles. The Balaban J connectivity index is 0.991. The molecule has 8 nitrogen and oxygen atoms in total. The van der Waals surface area contributed by atoms with Gasteiger partial charge in [-0.3, -0.25) is 9.59 Å². The van der Waals surface area contributed by atoms with Crippen LogP contribution < -0.4 is 61.4 Å². The summed E-state index contributed by atoms with van der Waals surface area (Å²) in [5.74, 6) is 1.23. The van der Waals surface area contributed by atoms with Crippen molar-refractivity contribution in [2.45, 2.75) is 26.4 Å². The van der Waals surface area contributed by atoms with Gasteiger partial charge >= 0.3 is 0 Å². The van der Waals surface area contributed by atoms with Gasteiger partial charge in [-0.05, 0) is 117 Å². The van der Waals surface area contributed by atoms with E-state index < -0.39 is 15.8 Å². The number of nitrogens with one attached hydrogen (secondary N) is 2. The minimum atomic E-state index is -1.36. The average Bonchev–Trinajstić information content (AvgIpc) is 0.724. The molecule has 0 aromatic heterocycles. The fraction of sp³-hybridized carbons (Fsp3) is 0.0465. The van der Waals surface area contributed by atoms with Gasteiger partial charge in [0, 0.05) is 56.5 Å². The van der Waals surface area contributed by atoms with E-state index in [1.165, 1.54) is 0 Å². The molecule has 14 aromatic carbocycles. The summed E-state index contributed by atoms with van der Waals surface area (Å²) in [5, 5.41) is 17.1. The van der Waals surface area contributed by atoms with Crippen LogP contribution in [0.1, 0.15) is 43.0 Å². The fourth-order valence-electron chi connectivity index (χ4n) is 12.1. The minimum absolute atomic E-state index is 0.287. The van der Waals surface area contributed by atoms with Crippen molar-refractivity contribution in [3.63, 3.8) is 0 Å². The van der Waals surface area contributed by atoms with Crippen molar-refractivity contribution in [1.29, 1.82) is 0 Å². The molecule has 10 heteroatoms. The Bertz CT molecular complexity index is 4460. The Morgan fingerprint density at radius 3 is 0.802 bits per heavy atom. The first-order valence-corrected chi connectivity index (χ1v) is 34.6. The summed E-state index contributed by atoms with van der Waals surface area (Å²) in [6.07, 6.45) is 0. The normalized spacial score (nSPS) is 11.1. The first-order valence-electron chi connectivity index (χ1n) is 31.9. The maximum absolute atomic E-state index is 15.7. The first kappa shape index (κ1) is 62.1. The van der Waals surface area contributed by atoms with Gasteiger partial charge in [0.1, 0.15) is 49.4 Å². The maximum Gasteiger partial charge on any atom is 0.255 e. The largest absolute Gasteiger partial charge is 0.489 e. The van der Waals surface area contributed by atoms with Crippen molar-refractivity contribution >= 4 is 92.4 Å². The van der Waals surface area contributed by atoms with E-state index in [4.69, 9.17) is 18.9 Å². The van der Waals surface area contributed by atoms with Crippen molar-refractivity contribution in [2.75, 3.05) is 10.6 Å². The van der Waals surface area contributed by atoms with Crippen molar-refractivity contribution in [1.82, 2.24) is 0 Å². The van der Waals surface area contributed by atoms with Gasteiger partial charge in [-0.2, -0.15) is 0 Å². The zero-order valence-corrected chi connectivity index (χ0v) is 54.3. The van der Waals surface area contributed by atoms with E-state index in [-0.39, 0.29) is 38.2 Å². The molecular formula is C86H66N2O6P2. The van der Waals surface area contributed by atoms with Crippen LogP contribution in [-0.2, 0) is 26.4 Å². The van der Waals surface area contributed by atoms with Gasteiger partial charge in [0.05, 0.1) is 0 Å². The highest BCUT2D eigenvalue weighted by Crippen LogP contribution is 2.49. The van der Waals surface area contributed by atoms with Gasteiger partial charge in [0.25, 0.3) is 11.8 Å². The number of carbonyl (C=O) groups excluding carboxylic acids is 2. The molecule has 0 bridgehead atoms. The smallest absolute Gasteiger partial charge is 0.255 e. The Kier molecular flexibility index (Phi) is 19.2. The highest BCUT2D eigenvalue weighted by atomic mass is 31.1. The standard InChI is InChI=1S/C86H66N2O6P2/c89-85(67-51-69(91-57-61-27-9-1-10-28-61)55-70(52-67)92-58-62-29-11-2-12-30-62)87-77-45-25-35-65-47-49-79(95(73-37-17-5-18-38-73)74-39-19-6-20-40-74)83(81(65)77)84-80(96(75-41-21-7-22-42-75)76-43-23-8-24-44-76)50-48-66-36-26-46-78(82(66)84)88-86(90)68-53-71(93-59-63-31-13-3-14-32-63)56-72(54-68)94-60-64-33-15-4-16-34-64/h1-56H,57-60H2,(H,87,89)(H,88,90). The van der Waals surface area contributed by atoms with E-state index in [2.05, 4.69) is 168 Å². The number of amides is 2. The number of fused-ring (bicyclic) bond motifs is 2. The van der Waals surface area contributed by atoms with Crippen LogP contribution in [0.5, 0.6) is 23.0 Å². The lowest BCUT2D eigenvalue weighted by Gasteiger charge is -2.29. The molecule has 2 N–H and O–H groups in total. The van der Waals surface area contributed by atoms with Gasteiger partial charge in [0.2, 0.25) is 0 Å². The second-order valence-corrected chi connectivity index (χ2v) is 27.5. The van der Waals surface area contributed by atoms with Crippen LogP contribution in [0, 0.1) is 0 Å². The van der Waals surface area contributed by atoms with E-state index >= 15 is 9.59 Å². The molecule has 0 saturated heterocycles. The van der Waals surface area contributed by atoms with Crippen molar-refractivity contribution in [3.8, 4) is 34.1 Å². The van der Waals surface area contributed by atoms with Crippen LogP contribution in [0.15, 0.2) is 340 Å². The van der Waals surface area contributed by atoms with Gasteiger partial charge in [-0.1, -0.05) is 291 Å². The van der Waals surface area contributed by atoms with Crippen LogP contribution in [-0.4, -0.2) is 11.8 Å². The summed E-state index contributed by atoms with van der Waals surface area (Å²) in [7, 11) is -2.71. The molecule has 96 heavy (non-hydrogen) atoms. The van der Waals surface area contributed by atoms with E-state index in [1.54, 1.807) is 24.3 Å². The van der Waals surface area contributed by atoms with Crippen molar-refractivity contribution in [2.24, 2.45) is 0 Å². The lowest BCUT2D eigenvalue weighted by molar-refractivity contribution is 0.101. The number of rotatable bonds is 23. The summed E-state index contributed by atoms with van der Waals surface area (Å²) in [5.41, 5.74) is 7.67. The third-order valence-electron chi connectivity index (χ3n) is 16.6. The fourth-order valence-corrected chi connectivity index (χ4v) is 17.0. The van der Waals surface area contributed by atoms with E-state index in [0.717, 1.165) is 86.8 Å². The van der Waals surface area contributed by atoms with Crippen molar-refractivity contribution in [3.05, 3.63) is 373 Å². The molecule has 0 aliphatic heterocycles. The number of hydrogen-bond donors (Lipinski definition) is 2. The Morgan fingerprint density at radius 1 is 0.271 bits per heavy atom. The number of anilines is 2. The zero-order chi connectivity index (χ0) is 64.8. The molecule has 0 fully saturated rings. The molecule has 466 valence electrons. The molecule has 14 rings (SSSR count). The monoisotopic (exact) mass is 1280 g/mol. The van der Waals surface area contributed by atoms with Crippen LogP contribution in [0.2, 0.25) is 0 Å². The first-order chi connectivity index (χ1) is 47.4. The Labute approximate surface area is 561 Å². The van der Waals surface area contributed by atoms with E-state index in [0.29, 0.717) is 45.5 Å². The number of benzene rings is 14. The average molecular weight is 1290 g/mol. The minimum Gasteiger partial charge on any atom is -0.489 e. The topological polar surface area (TPSA) is 95.1 Å². The number of carbonyl (C=O) groups is 2. The SMILES string of the molecule is O=C(Nc1cccc2ccc(P(c3ccccc3)c3ccccc3)c(-c3c(P(c4ccccc4)c4ccccc4)ccc4cccc(NC(=O)c5cc(OCc6ccccc6)cc(OCc6ccccc6)c5)c34)c12)c1cc(OCc2ccccc2)cc(OCc2ccccc2)c1. The van der Waals surface area contributed by atoms with Gasteiger partial charge in [-0.25, -0.2) is 0 Å². The Morgan fingerprint density at radius 2 is 0.531 bits per heavy atom. The molecule has 0 heterocycles. The lowest BCUT2D eigenvalue weighted by atomic mass is 9.91. The second-order valence-electron chi connectivity index (χ2n) is 23.1. The summed E-state index contributed by atoms with van der Waals surface area (Å²) >= 11 is 0. The van der Waals surface area contributed by atoms with Crippen LogP contribution in [0.4, 0.5) is 11.4 Å². The number of ether oxygens (including phenoxy) is 4. The molecular weight excluding hydrogens is 1220 g/mol. The molecule has 0 spiro atoms. The summed E-state index contributed by atoms with van der Waals surface area (Å²) in [6, 6.07) is 115. The summed E-state index contributed by atoms with van der Waals surface area (Å²) in [4.78, 5) is 31.4. The lowest BCUT2D eigenvalue weighted by Crippen LogP contribution is -2.26. The summed E-state index contributed by atoms with van der Waals surface area (Å²) < 4.78 is 25.9. The highest BCUT2D eigenvalue weighted by Gasteiger charge is 2.31. The third kappa shape index (κ3) is 14.5. The third-order valence-corrected chi connectivity index (χ3v) is 21.6. The van der Waals surface area contributed by atoms with Gasteiger partial charge in [-0.15, -0.1) is 0 Å². The molecule has 0 unspecified atom stereocenters. The molecule has 0 aliphatic carbocycles. The predicted octanol–water partition coefficient (Wildman–Crippen LogP) is 18.0. The number of hydrogen-bond acceptors (Lipinski definition) is 6. The summed E-state index contributed by atoms with van der Waals surface area (Å²) in [6.45, 7) is 1.15. The van der Waals surface area contributed by atoms with Crippen LogP contribution in [0.25, 0.3) is 32.7 Å². The predicted molar refractivity (Wildman–Crippen MR) is 396 cm³/mol. The molecule has 14 aromatic rings. The Hall–Kier alpha value is -11.4. The van der Waals surface area contributed by atoms with Crippen molar-refractivity contribution < 1.29 is 28.5 Å². The van der Waals surface area contributed by atoms with Crippen LogP contribution in [0.3, 0.4) is 0 Å². The van der Waals surface area contributed by atoms with Crippen LogP contribution >= 0.6 is 15.8 Å². The zero-order valence-electron chi connectivity index (χ0n) is 52.5. The molecule has 0 aliphatic rings. The quantitative estimate of drug-likeness (QED) is 0.0620. The van der Waals surface area contributed by atoms with E-state index in [1.807, 2.05) is 158 Å². The molecule has 0 radical (unpaired) electrons.